The van der Waals surface area contributed by atoms with E-state index in [1.54, 1.807) is 7.05 Å². The number of rotatable bonds is 5. The molecule has 0 aliphatic heterocycles. The smallest absolute Gasteiger partial charge is 0.327 e. The fourth-order valence-corrected chi connectivity index (χ4v) is 1.67. The average molecular weight is 238 g/mol. The van der Waals surface area contributed by atoms with Crippen LogP contribution in [0.3, 0.4) is 0 Å². The number of hydrogen-bond donors (Lipinski definition) is 2. The Morgan fingerprint density at radius 1 is 1.65 bits per heavy atom. The van der Waals surface area contributed by atoms with Gasteiger partial charge in [-0.15, -0.1) is 12.3 Å². The lowest BCUT2D eigenvalue weighted by Gasteiger charge is -2.20. The first kappa shape index (κ1) is 13.4. The number of hydrogen-bond acceptors (Lipinski definition) is 2. The highest BCUT2D eigenvalue weighted by molar-refractivity contribution is 5.82. The summed E-state index contributed by atoms with van der Waals surface area (Å²) < 4.78 is 0. The van der Waals surface area contributed by atoms with E-state index >= 15 is 0 Å². The van der Waals surface area contributed by atoms with Gasteiger partial charge in [0.15, 0.2) is 0 Å². The molecule has 0 saturated heterocycles. The molecule has 0 radical (unpaired) electrons. The van der Waals surface area contributed by atoms with E-state index in [0.717, 1.165) is 6.42 Å². The molecule has 1 saturated carbocycles. The second-order valence-corrected chi connectivity index (χ2v) is 4.60. The van der Waals surface area contributed by atoms with Crippen LogP contribution in [0.25, 0.3) is 0 Å². The maximum atomic E-state index is 11.7. The minimum Gasteiger partial charge on any atom is -0.480 e. The number of amides is 2. The van der Waals surface area contributed by atoms with Crippen LogP contribution < -0.4 is 5.32 Å². The van der Waals surface area contributed by atoms with E-state index in [1.807, 2.05) is 0 Å². The predicted molar refractivity (Wildman–Crippen MR) is 63.3 cm³/mol. The molecule has 17 heavy (non-hydrogen) atoms. The first-order chi connectivity index (χ1) is 7.95. The molecular weight excluding hydrogens is 220 g/mol. The summed E-state index contributed by atoms with van der Waals surface area (Å²) in [4.78, 5) is 24.0. The molecule has 2 N–H and O–H groups in total. The van der Waals surface area contributed by atoms with E-state index < -0.39 is 12.0 Å². The Balaban J connectivity index is 2.40. The summed E-state index contributed by atoms with van der Waals surface area (Å²) in [5.74, 6) is 2.33. The van der Waals surface area contributed by atoms with Gasteiger partial charge in [0.1, 0.15) is 6.04 Å². The fourth-order valence-electron chi connectivity index (χ4n) is 1.67. The van der Waals surface area contributed by atoms with Crippen LogP contribution in [0, 0.1) is 24.2 Å². The van der Waals surface area contributed by atoms with Gasteiger partial charge >= 0.3 is 12.0 Å². The van der Waals surface area contributed by atoms with Gasteiger partial charge in [0.25, 0.3) is 0 Å². The van der Waals surface area contributed by atoms with E-state index in [4.69, 9.17) is 11.5 Å². The highest BCUT2D eigenvalue weighted by atomic mass is 16.4. The highest BCUT2D eigenvalue weighted by Gasteiger charge is 2.34. The summed E-state index contributed by atoms with van der Waals surface area (Å²) in [6.07, 6.45) is 6.17. The highest BCUT2D eigenvalue weighted by Crippen LogP contribution is 2.37. The van der Waals surface area contributed by atoms with Crippen molar-refractivity contribution in [2.24, 2.45) is 11.8 Å². The molecule has 1 fully saturated rings. The molecule has 3 atom stereocenters. The molecule has 2 amide bonds. The zero-order valence-corrected chi connectivity index (χ0v) is 10.1. The minimum atomic E-state index is -1.11. The minimum absolute atomic E-state index is 0.00521. The van der Waals surface area contributed by atoms with E-state index in [2.05, 4.69) is 18.2 Å². The Hall–Kier alpha value is -1.70. The summed E-state index contributed by atoms with van der Waals surface area (Å²) in [6.45, 7) is 2.80. The molecule has 0 bridgehead atoms. The standard InChI is InChI=1S/C12H18N2O3/c1-4-5-10(11(15)16)13-12(17)14(3)7-9-6-8(9)2/h1,8-10H,5-7H2,2-3H3,(H,13,17)(H,15,16). The molecule has 94 valence electrons. The van der Waals surface area contributed by atoms with Crippen LogP contribution in [-0.4, -0.2) is 41.6 Å². The van der Waals surface area contributed by atoms with Crippen LogP contribution in [0.4, 0.5) is 4.79 Å². The molecule has 0 aromatic heterocycles. The van der Waals surface area contributed by atoms with Crippen molar-refractivity contribution in [3.63, 3.8) is 0 Å². The van der Waals surface area contributed by atoms with E-state index in [9.17, 15) is 9.59 Å². The summed E-state index contributed by atoms with van der Waals surface area (Å²) in [5, 5.41) is 11.3. The van der Waals surface area contributed by atoms with Crippen molar-refractivity contribution in [3.8, 4) is 12.3 Å². The van der Waals surface area contributed by atoms with Gasteiger partial charge < -0.3 is 15.3 Å². The molecule has 3 unspecified atom stereocenters. The molecule has 5 heteroatoms. The van der Waals surface area contributed by atoms with Crippen molar-refractivity contribution in [3.05, 3.63) is 0 Å². The van der Waals surface area contributed by atoms with Crippen LogP contribution in [0.5, 0.6) is 0 Å². The Morgan fingerprint density at radius 2 is 2.24 bits per heavy atom. The summed E-state index contributed by atoms with van der Waals surface area (Å²) in [5.41, 5.74) is 0. The molecule has 1 rings (SSSR count). The van der Waals surface area contributed by atoms with Crippen LogP contribution >= 0.6 is 0 Å². The maximum absolute atomic E-state index is 11.7. The number of urea groups is 1. The second kappa shape index (κ2) is 5.58. The van der Waals surface area contributed by atoms with Crippen LogP contribution in [0.1, 0.15) is 19.8 Å². The van der Waals surface area contributed by atoms with E-state index in [1.165, 1.54) is 4.90 Å². The van der Waals surface area contributed by atoms with Gasteiger partial charge in [0.05, 0.1) is 0 Å². The third-order valence-electron chi connectivity index (χ3n) is 3.05. The van der Waals surface area contributed by atoms with Gasteiger partial charge in [-0.3, -0.25) is 0 Å². The molecule has 5 nitrogen and oxygen atoms in total. The zero-order chi connectivity index (χ0) is 13.0. The monoisotopic (exact) mass is 238 g/mol. The molecule has 0 spiro atoms. The first-order valence-electron chi connectivity index (χ1n) is 5.63. The van der Waals surface area contributed by atoms with Gasteiger partial charge in [-0.1, -0.05) is 6.92 Å². The van der Waals surface area contributed by atoms with Crippen molar-refractivity contribution < 1.29 is 14.7 Å². The number of nitrogens with zero attached hydrogens (tertiary/aromatic N) is 1. The Bertz CT molecular complexity index is 348. The second-order valence-electron chi connectivity index (χ2n) is 4.60. The first-order valence-corrected chi connectivity index (χ1v) is 5.63. The van der Waals surface area contributed by atoms with Gasteiger partial charge in [-0.2, -0.15) is 0 Å². The van der Waals surface area contributed by atoms with Gasteiger partial charge in [-0.05, 0) is 18.3 Å². The lowest BCUT2D eigenvalue weighted by Crippen LogP contribution is -2.47. The average Bonchev–Trinajstić information content (AvgIpc) is 2.93. The van der Waals surface area contributed by atoms with Gasteiger partial charge in [0.2, 0.25) is 0 Å². The van der Waals surface area contributed by atoms with Crippen molar-refractivity contribution in [2.75, 3.05) is 13.6 Å². The topological polar surface area (TPSA) is 69.6 Å². The number of carbonyl (C=O) groups is 2. The van der Waals surface area contributed by atoms with Crippen molar-refractivity contribution in [1.29, 1.82) is 0 Å². The SMILES string of the molecule is C#CCC(NC(=O)N(C)CC1CC1C)C(=O)O. The predicted octanol–water partition coefficient (Wildman–Crippen LogP) is 0.760. The van der Waals surface area contributed by atoms with Crippen molar-refractivity contribution in [1.82, 2.24) is 10.2 Å². The van der Waals surface area contributed by atoms with Crippen LogP contribution in [0.2, 0.25) is 0 Å². The molecular formula is C12H18N2O3. The third kappa shape index (κ3) is 3.99. The van der Waals surface area contributed by atoms with Crippen molar-refractivity contribution >= 4 is 12.0 Å². The number of aliphatic carboxylic acids is 1. The lowest BCUT2D eigenvalue weighted by atomic mass is 10.2. The molecule has 0 heterocycles. The summed E-state index contributed by atoms with van der Waals surface area (Å²) in [6, 6.07) is -1.39. The fraction of sp³-hybridized carbons (Fsp3) is 0.667. The number of nitrogens with one attached hydrogen (secondary N) is 1. The lowest BCUT2D eigenvalue weighted by molar-refractivity contribution is -0.139. The normalized spacial score (nSPS) is 23.4. The number of terminal acetylenes is 1. The zero-order valence-electron chi connectivity index (χ0n) is 10.1. The Labute approximate surface area is 101 Å². The number of carboxylic acid groups (broad SMARTS) is 1. The largest absolute Gasteiger partial charge is 0.480 e. The number of carbonyl (C=O) groups excluding carboxylic acids is 1. The Kier molecular flexibility index (Phi) is 4.38. The van der Waals surface area contributed by atoms with Crippen LogP contribution in [-0.2, 0) is 4.79 Å². The van der Waals surface area contributed by atoms with Crippen LogP contribution in [0.15, 0.2) is 0 Å². The molecule has 1 aliphatic rings. The van der Waals surface area contributed by atoms with Crippen molar-refractivity contribution in [2.45, 2.75) is 25.8 Å². The third-order valence-corrected chi connectivity index (χ3v) is 3.05. The quantitative estimate of drug-likeness (QED) is 0.695. The van der Waals surface area contributed by atoms with E-state index in [-0.39, 0.29) is 12.5 Å². The van der Waals surface area contributed by atoms with Gasteiger partial charge in [0, 0.05) is 20.0 Å². The Morgan fingerprint density at radius 3 is 2.65 bits per heavy atom. The van der Waals surface area contributed by atoms with E-state index in [0.29, 0.717) is 18.4 Å². The molecule has 0 aromatic carbocycles. The maximum Gasteiger partial charge on any atom is 0.327 e. The number of carboxylic acids is 1. The van der Waals surface area contributed by atoms with Gasteiger partial charge in [-0.25, -0.2) is 9.59 Å². The molecule has 0 aromatic rings. The molecule has 1 aliphatic carbocycles. The summed E-state index contributed by atoms with van der Waals surface area (Å²) in [7, 11) is 1.66. The summed E-state index contributed by atoms with van der Waals surface area (Å²) >= 11 is 0.